The van der Waals surface area contributed by atoms with E-state index >= 15 is 0 Å². The number of hydrogen-bond acceptors (Lipinski definition) is 3. The molecule has 1 atom stereocenters. The summed E-state index contributed by atoms with van der Waals surface area (Å²) < 4.78 is 0. The standard InChI is InChI=1S/C19H19ClN2O/c1-18(2)15-6-4-5-7-17(15)22(3)19(18)12-16(21-23-19)13-8-10-14(20)11-9-13/h4-12,21H,1-3H3/t19-/m1/s1. The summed E-state index contributed by atoms with van der Waals surface area (Å²) in [6.07, 6.45) is 2.18. The Morgan fingerprint density at radius 3 is 2.43 bits per heavy atom. The fourth-order valence-corrected chi connectivity index (χ4v) is 3.84. The van der Waals surface area contributed by atoms with E-state index in [1.165, 1.54) is 11.3 Å². The lowest BCUT2D eigenvalue weighted by Gasteiger charge is -2.39. The van der Waals surface area contributed by atoms with Crippen molar-refractivity contribution in [3.05, 3.63) is 70.8 Å². The van der Waals surface area contributed by atoms with Gasteiger partial charge in [0.2, 0.25) is 0 Å². The highest BCUT2D eigenvalue weighted by molar-refractivity contribution is 6.30. The number of halogens is 1. The first-order valence-electron chi connectivity index (χ1n) is 7.72. The number of rotatable bonds is 1. The van der Waals surface area contributed by atoms with Crippen LogP contribution < -0.4 is 10.4 Å². The van der Waals surface area contributed by atoms with Gasteiger partial charge in [-0.05, 0) is 35.4 Å². The predicted molar refractivity (Wildman–Crippen MR) is 94.3 cm³/mol. The number of para-hydroxylation sites is 1. The van der Waals surface area contributed by atoms with Crippen LogP contribution in [0.3, 0.4) is 0 Å². The van der Waals surface area contributed by atoms with Crippen molar-refractivity contribution in [3.8, 4) is 0 Å². The summed E-state index contributed by atoms with van der Waals surface area (Å²) in [7, 11) is 2.08. The molecule has 1 N–H and O–H groups in total. The van der Waals surface area contributed by atoms with Crippen molar-refractivity contribution in [3.63, 3.8) is 0 Å². The Bertz CT molecular complexity index is 797. The zero-order valence-corrected chi connectivity index (χ0v) is 14.2. The van der Waals surface area contributed by atoms with Crippen molar-refractivity contribution in [2.75, 3.05) is 11.9 Å². The average molecular weight is 327 g/mol. The lowest BCUT2D eigenvalue weighted by molar-refractivity contribution is -0.0678. The maximum atomic E-state index is 6.16. The third kappa shape index (κ3) is 1.87. The molecule has 4 heteroatoms. The number of likely N-dealkylation sites (N-methyl/N-ethyl adjacent to an activating group) is 1. The lowest BCUT2D eigenvalue weighted by atomic mass is 9.77. The molecule has 0 bridgehead atoms. The Kier molecular flexibility index (Phi) is 3.03. The second kappa shape index (κ2) is 4.76. The molecule has 0 saturated carbocycles. The van der Waals surface area contributed by atoms with E-state index in [1.807, 2.05) is 24.3 Å². The van der Waals surface area contributed by atoms with Gasteiger partial charge >= 0.3 is 0 Å². The predicted octanol–water partition coefficient (Wildman–Crippen LogP) is 4.34. The molecular weight excluding hydrogens is 308 g/mol. The summed E-state index contributed by atoms with van der Waals surface area (Å²) >= 11 is 5.99. The molecule has 2 aliphatic rings. The van der Waals surface area contributed by atoms with E-state index in [4.69, 9.17) is 16.4 Å². The van der Waals surface area contributed by atoms with E-state index < -0.39 is 5.72 Å². The van der Waals surface area contributed by atoms with Gasteiger partial charge < -0.3 is 4.90 Å². The van der Waals surface area contributed by atoms with Crippen molar-refractivity contribution in [2.45, 2.75) is 25.0 Å². The molecule has 23 heavy (non-hydrogen) atoms. The van der Waals surface area contributed by atoms with Crippen LogP contribution in [0, 0.1) is 0 Å². The summed E-state index contributed by atoms with van der Waals surface area (Å²) in [4.78, 5) is 8.37. The lowest BCUT2D eigenvalue weighted by Crippen LogP contribution is -2.54. The molecule has 0 saturated heterocycles. The summed E-state index contributed by atoms with van der Waals surface area (Å²) in [6.45, 7) is 4.44. The highest BCUT2D eigenvalue weighted by Crippen LogP contribution is 2.54. The Morgan fingerprint density at radius 2 is 1.74 bits per heavy atom. The van der Waals surface area contributed by atoms with E-state index in [2.05, 4.69) is 61.6 Å². The second-order valence-electron chi connectivity index (χ2n) is 6.67. The smallest absolute Gasteiger partial charge is 0.197 e. The van der Waals surface area contributed by atoms with E-state index in [0.717, 1.165) is 16.3 Å². The van der Waals surface area contributed by atoms with Crippen LogP contribution in [0.4, 0.5) is 5.69 Å². The zero-order chi connectivity index (χ0) is 16.2. The van der Waals surface area contributed by atoms with Gasteiger partial charge in [0.25, 0.3) is 0 Å². The highest BCUT2D eigenvalue weighted by atomic mass is 35.5. The number of fused-ring (bicyclic) bond motifs is 1. The summed E-state index contributed by atoms with van der Waals surface area (Å²) in [5.74, 6) is 0. The van der Waals surface area contributed by atoms with E-state index in [-0.39, 0.29) is 5.41 Å². The maximum absolute atomic E-state index is 6.16. The van der Waals surface area contributed by atoms with Crippen LogP contribution in [-0.4, -0.2) is 12.8 Å². The third-order valence-corrected chi connectivity index (χ3v) is 5.40. The average Bonchev–Trinajstić information content (AvgIpc) is 3.07. The van der Waals surface area contributed by atoms with Gasteiger partial charge in [0.15, 0.2) is 5.72 Å². The van der Waals surface area contributed by atoms with Crippen molar-refractivity contribution in [1.82, 2.24) is 5.48 Å². The molecule has 3 nitrogen and oxygen atoms in total. The molecular formula is C19H19ClN2O. The van der Waals surface area contributed by atoms with Crippen LogP contribution in [0.5, 0.6) is 0 Å². The van der Waals surface area contributed by atoms with Crippen LogP contribution in [0.2, 0.25) is 5.02 Å². The quantitative estimate of drug-likeness (QED) is 0.843. The molecule has 2 aliphatic heterocycles. The van der Waals surface area contributed by atoms with Gasteiger partial charge in [0, 0.05) is 23.2 Å². The Labute approximate surface area is 141 Å². The molecule has 118 valence electrons. The first-order chi connectivity index (χ1) is 11.0. The van der Waals surface area contributed by atoms with Crippen molar-refractivity contribution >= 4 is 23.0 Å². The van der Waals surface area contributed by atoms with Gasteiger partial charge in [-0.2, -0.15) is 0 Å². The number of hydrogen-bond donors (Lipinski definition) is 1. The molecule has 2 aromatic rings. The van der Waals surface area contributed by atoms with Gasteiger partial charge in [-0.3, -0.25) is 5.48 Å². The summed E-state index contributed by atoms with van der Waals surface area (Å²) in [5, 5.41) is 0.730. The van der Waals surface area contributed by atoms with Crippen LogP contribution in [0.25, 0.3) is 5.70 Å². The molecule has 4 rings (SSSR count). The Hall–Kier alpha value is -1.97. The Morgan fingerprint density at radius 1 is 1.04 bits per heavy atom. The number of nitrogens with one attached hydrogen (secondary N) is 1. The van der Waals surface area contributed by atoms with Gasteiger partial charge in [-0.1, -0.05) is 55.8 Å². The van der Waals surface area contributed by atoms with Crippen molar-refractivity contribution in [2.24, 2.45) is 0 Å². The molecule has 2 heterocycles. The molecule has 0 amide bonds. The first-order valence-corrected chi connectivity index (χ1v) is 8.10. The van der Waals surface area contributed by atoms with Crippen LogP contribution in [0.15, 0.2) is 54.6 Å². The Balaban J connectivity index is 1.82. The SMILES string of the molecule is CN1c2ccccc2C(C)(C)[C@]12C=C(c1ccc(Cl)cc1)NO2. The normalized spacial score (nSPS) is 24.5. The van der Waals surface area contributed by atoms with Gasteiger partial charge in [-0.25, -0.2) is 4.84 Å². The minimum atomic E-state index is -0.550. The fourth-order valence-electron chi connectivity index (χ4n) is 3.72. The molecule has 0 fully saturated rings. The summed E-state index contributed by atoms with van der Waals surface area (Å²) in [5.41, 5.74) is 6.91. The van der Waals surface area contributed by atoms with E-state index in [9.17, 15) is 0 Å². The summed E-state index contributed by atoms with van der Waals surface area (Å²) in [6, 6.07) is 16.3. The molecule has 0 aliphatic carbocycles. The molecule has 0 unspecified atom stereocenters. The largest absolute Gasteiger partial charge is 0.340 e. The van der Waals surface area contributed by atoms with Crippen LogP contribution >= 0.6 is 11.6 Å². The molecule has 0 aromatic heterocycles. The van der Waals surface area contributed by atoms with Gasteiger partial charge in [0.05, 0.1) is 5.70 Å². The number of nitrogens with zero attached hydrogens (tertiary/aromatic N) is 1. The molecule has 0 radical (unpaired) electrons. The third-order valence-electron chi connectivity index (χ3n) is 5.14. The second-order valence-corrected chi connectivity index (χ2v) is 7.10. The van der Waals surface area contributed by atoms with Crippen LogP contribution in [-0.2, 0) is 10.3 Å². The van der Waals surface area contributed by atoms with Crippen molar-refractivity contribution < 1.29 is 4.84 Å². The van der Waals surface area contributed by atoms with E-state index in [0.29, 0.717) is 0 Å². The monoisotopic (exact) mass is 326 g/mol. The zero-order valence-electron chi connectivity index (χ0n) is 13.4. The topological polar surface area (TPSA) is 24.5 Å². The highest BCUT2D eigenvalue weighted by Gasteiger charge is 2.58. The van der Waals surface area contributed by atoms with Gasteiger partial charge in [-0.15, -0.1) is 0 Å². The fraction of sp³-hybridized carbons (Fsp3) is 0.263. The number of anilines is 1. The number of hydroxylamine groups is 1. The molecule has 1 spiro atoms. The first kappa shape index (κ1) is 14.6. The van der Waals surface area contributed by atoms with E-state index in [1.54, 1.807) is 0 Å². The minimum absolute atomic E-state index is 0.181. The number of benzene rings is 2. The minimum Gasteiger partial charge on any atom is -0.340 e. The molecule has 2 aromatic carbocycles. The van der Waals surface area contributed by atoms with Crippen LogP contribution in [0.1, 0.15) is 25.0 Å². The van der Waals surface area contributed by atoms with Gasteiger partial charge in [0.1, 0.15) is 0 Å². The maximum Gasteiger partial charge on any atom is 0.197 e. The van der Waals surface area contributed by atoms with Crippen molar-refractivity contribution in [1.29, 1.82) is 0 Å².